The van der Waals surface area contributed by atoms with Crippen LogP contribution in [0.25, 0.3) is 0 Å². The Morgan fingerprint density at radius 3 is 2.44 bits per heavy atom. The maximum atomic E-state index is 12.7. The molecule has 1 aromatic carbocycles. The minimum atomic E-state index is -0.946. The lowest BCUT2D eigenvalue weighted by Gasteiger charge is -2.20. The molecule has 0 spiro atoms. The summed E-state index contributed by atoms with van der Waals surface area (Å²) in [5.74, 6) is -1.05. The first-order valence-electron chi connectivity index (χ1n) is 8.23. The third-order valence-corrected chi connectivity index (χ3v) is 4.08. The van der Waals surface area contributed by atoms with E-state index in [4.69, 9.17) is 0 Å². The molecule has 2 amide bonds. The molecule has 132 valence electrons. The van der Waals surface area contributed by atoms with Gasteiger partial charge in [0.15, 0.2) is 0 Å². The minimum absolute atomic E-state index is 0.0959. The zero-order chi connectivity index (χ0) is 18.2. The normalized spacial score (nSPS) is 14.2. The van der Waals surface area contributed by atoms with Gasteiger partial charge in [0.05, 0.1) is 17.2 Å². The zero-order valence-corrected chi connectivity index (χ0v) is 13.8. The molecule has 1 unspecified atom stereocenters. The first-order valence-corrected chi connectivity index (χ1v) is 8.23. The largest absolute Gasteiger partial charge is 0.384 e. The van der Waals surface area contributed by atoms with Crippen LogP contribution in [0.4, 0.5) is 5.69 Å². The highest BCUT2D eigenvalue weighted by Crippen LogP contribution is 2.31. The van der Waals surface area contributed by atoms with E-state index in [1.807, 2.05) is 0 Å². The highest BCUT2D eigenvalue weighted by Gasteiger charge is 2.41. The molecule has 1 N–H and O–H groups in total. The summed E-state index contributed by atoms with van der Waals surface area (Å²) in [5, 5.41) is 3.12. The monoisotopic (exact) mass is 344 g/mol. The molecule has 1 aromatic rings. The first kappa shape index (κ1) is 18.5. The van der Waals surface area contributed by atoms with E-state index >= 15 is 0 Å². The third kappa shape index (κ3) is 3.99. The summed E-state index contributed by atoms with van der Waals surface area (Å²) in [5.41, 5.74) is 1.03. The van der Waals surface area contributed by atoms with Crippen LogP contribution in [0, 0.1) is 0 Å². The third-order valence-electron chi connectivity index (χ3n) is 4.08. The van der Waals surface area contributed by atoms with Crippen molar-refractivity contribution >= 4 is 36.4 Å². The van der Waals surface area contributed by atoms with E-state index in [1.165, 1.54) is 0 Å². The van der Waals surface area contributed by atoms with Crippen LogP contribution >= 0.6 is 0 Å². The molecule has 7 nitrogen and oxygen atoms in total. The van der Waals surface area contributed by atoms with Crippen molar-refractivity contribution in [3.8, 4) is 0 Å². The first-order chi connectivity index (χ1) is 12.2. The topological polar surface area (TPSA) is 101 Å². The van der Waals surface area contributed by atoms with E-state index in [9.17, 15) is 24.0 Å². The SMILES string of the molecule is O=CCCCCNc1cccc2c1C(=O)N(C(C=O)CCC=O)C2=O. The highest BCUT2D eigenvalue weighted by molar-refractivity contribution is 6.24. The molecule has 0 fully saturated rings. The van der Waals surface area contributed by atoms with Crippen LogP contribution < -0.4 is 5.32 Å². The Bertz CT molecular complexity index is 686. The second-order valence-corrected chi connectivity index (χ2v) is 5.75. The molecular formula is C18H20N2O5. The fourth-order valence-corrected chi connectivity index (χ4v) is 2.82. The van der Waals surface area contributed by atoms with E-state index in [2.05, 4.69) is 5.32 Å². The predicted molar refractivity (Wildman–Crippen MR) is 90.5 cm³/mol. The molecule has 0 saturated carbocycles. The van der Waals surface area contributed by atoms with Gasteiger partial charge < -0.3 is 19.7 Å². The summed E-state index contributed by atoms with van der Waals surface area (Å²) in [6, 6.07) is 3.98. The van der Waals surface area contributed by atoms with Crippen LogP contribution in [0.15, 0.2) is 18.2 Å². The second-order valence-electron chi connectivity index (χ2n) is 5.75. The van der Waals surface area contributed by atoms with E-state index in [0.29, 0.717) is 31.2 Å². The van der Waals surface area contributed by atoms with Gasteiger partial charge in [0, 0.05) is 25.1 Å². The molecule has 25 heavy (non-hydrogen) atoms. The van der Waals surface area contributed by atoms with Gasteiger partial charge in [-0.1, -0.05) is 6.07 Å². The van der Waals surface area contributed by atoms with Crippen LogP contribution in [0.1, 0.15) is 52.8 Å². The van der Waals surface area contributed by atoms with Crippen molar-refractivity contribution in [2.75, 3.05) is 11.9 Å². The van der Waals surface area contributed by atoms with Crippen molar-refractivity contribution in [1.29, 1.82) is 0 Å². The summed E-state index contributed by atoms with van der Waals surface area (Å²) >= 11 is 0. The van der Waals surface area contributed by atoms with Gasteiger partial charge in [-0.3, -0.25) is 14.5 Å². The van der Waals surface area contributed by atoms with Crippen LogP contribution in [-0.2, 0) is 14.4 Å². The molecular weight excluding hydrogens is 324 g/mol. The molecule has 0 bridgehead atoms. The average molecular weight is 344 g/mol. The van der Waals surface area contributed by atoms with E-state index in [1.54, 1.807) is 18.2 Å². The maximum Gasteiger partial charge on any atom is 0.264 e. The van der Waals surface area contributed by atoms with Crippen molar-refractivity contribution in [1.82, 2.24) is 4.90 Å². The molecule has 7 heteroatoms. The van der Waals surface area contributed by atoms with Gasteiger partial charge in [0.2, 0.25) is 0 Å². The number of hydrogen-bond acceptors (Lipinski definition) is 6. The number of benzene rings is 1. The summed E-state index contributed by atoms with van der Waals surface area (Å²) in [6.07, 6.45) is 4.23. The van der Waals surface area contributed by atoms with Gasteiger partial charge >= 0.3 is 0 Å². The number of aldehydes is 3. The van der Waals surface area contributed by atoms with Crippen LogP contribution in [0.3, 0.4) is 0 Å². The number of nitrogens with zero attached hydrogens (tertiary/aromatic N) is 1. The van der Waals surface area contributed by atoms with Gasteiger partial charge in [-0.2, -0.15) is 0 Å². The molecule has 1 aliphatic heterocycles. The number of carbonyl (C=O) groups excluding carboxylic acids is 5. The van der Waals surface area contributed by atoms with Crippen molar-refractivity contribution in [3.63, 3.8) is 0 Å². The Balaban J connectivity index is 2.18. The Hall–Kier alpha value is -2.83. The quantitative estimate of drug-likeness (QED) is 0.372. The Kier molecular flexibility index (Phi) is 6.56. The molecule has 1 atom stereocenters. The van der Waals surface area contributed by atoms with Crippen molar-refractivity contribution in [2.45, 2.75) is 38.1 Å². The van der Waals surface area contributed by atoms with Crippen molar-refractivity contribution in [2.24, 2.45) is 0 Å². The van der Waals surface area contributed by atoms with Crippen molar-refractivity contribution < 1.29 is 24.0 Å². The molecule has 2 rings (SSSR count). The summed E-state index contributed by atoms with van der Waals surface area (Å²) < 4.78 is 0. The van der Waals surface area contributed by atoms with E-state index < -0.39 is 17.9 Å². The lowest BCUT2D eigenvalue weighted by Crippen LogP contribution is -2.41. The number of carbonyl (C=O) groups is 5. The lowest BCUT2D eigenvalue weighted by atomic mass is 10.1. The van der Waals surface area contributed by atoms with Gasteiger partial charge in [-0.25, -0.2) is 0 Å². The molecule has 1 aliphatic rings. The zero-order valence-electron chi connectivity index (χ0n) is 13.8. The molecule has 0 aliphatic carbocycles. The van der Waals surface area contributed by atoms with E-state index in [-0.39, 0.29) is 24.0 Å². The predicted octanol–water partition coefficient (Wildman–Crippen LogP) is 1.61. The lowest BCUT2D eigenvalue weighted by molar-refractivity contribution is -0.112. The van der Waals surface area contributed by atoms with Crippen LogP contribution in [0.2, 0.25) is 0 Å². The smallest absolute Gasteiger partial charge is 0.264 e. The average Bonchev–Trinajstić information content (AvgIpc) is 2.88. The number of unbranched alkanes of at least 4 members (excludes halogenated alkanes) is 2. The van der Waals surface area contributed by atoms with Gasteiger partial charge in [0.1, 0.15) is 18.9 Å². The Morgan fingerprint density at radius 1 is 1.00 bits per heavy atom. The molecule has 0 saturated heterocycles. The minimum Gasteiger partial charge on any atom is -0.384 e. The number of fused-ring (bicyclic) bond motifs is 1. The van der Waals surface area contributed by atoms with Gasteiger partial charge in [-0.15, -0.1) is 0 Å². The fourth-order valence-electron chi connectivity index (χ4n) is 2.82. The van der Waals surface area contributed by atoms with E-state index in [0.717, 1.165) is 24.0 Å². The van der Waals surface area contributed by atoms with Crippen LogP contribution in [-0.4, -0.2) is 48.2 Å². The number of rotatable bonds is 11. The fraction of sp³-hybridized carbons (Fsp3) is 0.389. The van der Waals surface area contributed by atoms with Gasteiger partial charge in [-0.05, 0) is 31.4 Å². The van der Waals surface area contributed by atoms with Crippen LogP contribution in [0.5, 0.6) is 0 Å². The Morgan fingerprint density at radius 2 is 1.76 bits per heavy atom. The molecule has 1 heterocycles. The van der Waals surface area contributed by atoms with Crippen molar-refractivity contribution in [3.05, 3.63) is 29.3 Å². The summed E-state index contributed by atoms with van der Waals surface area (Å²) in [4.78, 5) is 58.3. The second kappa shape index (κ2) is 8.86. The molecule has 0 aromatic heterocycles. The maximum absolute atomic E-state index is 12.7. The van der Waals surface area contributed by atoms with Gasteiger partial charge in [0.25, 0.3) is 11.8 Å². The Labute approximate surface area is 145 Å². The summed E-state index contributed by atoms with van der Waals surface area (Å²) in [6.45, 7) is 0.564. The highest BCUT2D eigenvalue weighted by atomic mass is 16.2. The standard InChI is InChI=1S/C18H20N2O5/c21-10-3-1-2-9-19-15-8-4-7-14-16(15)18(25)20(17(14)24)13(12-23)6-5-11-22/h4,7-8,10-13,19H,1-3,5-6,9H2. The number of hydrogen-bond donors (Lipinski definition) is 1. The summed E-state index contributed by atoms with van der Waals surface area (Å²) in [7, 11) is 0. The number of amides is 2. The number of nitrogens with one attached hydrogen (secondary N) is 1. The number of anilines is 1. The molecule has 0 radical (unpaired) electrons. The number of imide groups is 1.